The lowest BCUT2D eigenvalue weighted by Crippen LogP contribution is -2.10. The molecule has 6 heteroatoms. The van der Waals surface area contributed by atoms with Crippen LogP contribution in [-0.4, -0.2) is 15.2 Å². The van der Waals surface area contributed by atoms with E-state index in [1.807, 2.05) is 36.4 Å². The summed E-state index contributed by atoms with van der Waals surface area (Å²) in [5, 5.41) is 8.87. The molecule has 5 nitrogen and oxygen atoms in total. The van der Waals surface area contributed by atoms with Crippen LogP contribution in [0.1, 0.15) is 32.2 Å². The number of aromatic nitrogens is 3. The summed E-state index contributed by atoms with van der Waals surface area (Å²) < 4.78 is 12.5. The highest BCUT2D eigenvalue weighted by molar-refractivity contribution is 7.21. The molecule has 2 heterocycles. The van der Waals surface area contributed by atoms with Gasteiger partial charge in [0.1, 0.15) is 5.75 Å². The smallest absolute Gasteiger partial charge is 0.276 e. The lowest BCUT2D eigenvalue weighted by molar-refractivity contribution is 0.264. The molecule has 0 unspecified atom stereocenters. The van der Waals surface area contributed by atoms with Crippen LogP contribution in [0.2, 0.25) is 0 Å². The monoisotopic (exact) mass is 365 g/mol. The highest BCUT2D eigenvalue weighted by Crippen LogP contribution is 2.29. The first-order valence-electron chi connectivity index (χ1n) is 8.41. The zero-order chi connectivity index (χ0) is 18.1. The Kier molecular flexibility index (Phi) is 4.20. The molecule has 0 spiro atoms. The predicted molar refractivity (Wildman–Crippen MR) is 102 cm³/mol. The molecule has 2 aromatic carbocycles. The Morgan fingerprint density at radius 2 is 1.77 bits per heavy atom. The van der Waals surface area contributed by atoms with Crippen LogP contribution in [0.3, 0.4) is 0 Å². The van der Waals surface area contributed by atoms with Gasteiger partial charge in [-0.3, -0.25) is 0 Å². The van der Waals surface area contributed by atoms with Crippen molar-refractivity contribution in [3.05, 3.63) is 60.0 Å². The van der Waals surface area contributed by atoms with Crippen molar-refractivity contribution in [3.8, 4) is 16.6 Å². The van der Waals surface area contributed by atoms with Crippen LogP contribution in [-0.2, 0) is 12.0 Å². The summed E-state index contributed by atoms with van der Waals surface area (Å²) in [6.07, 6.45) is 0. The first kappa shape index (κ1) is 16.7. The lowest BCUT2D eigenvalue weighted by atomic mass is 9.87. The molecular formula is C20H19N3O2S. The van der Waals surface area contributed by atoms with Gasteiger partial charge in [-0.05, 0) is 35.2 Å². The predicted octanol–water partition coefficient (Wildman–Crippen LogP) is 5.22. The molecule has 0 aliphatic carbocycles. The van der Waals surface area contributed by atoms with E-state index in [0.29, 0.717) is 11.8 Å². The van der Waals surface area contributed by atoms with Gasteiger partial charge < -0.3 is 9.15 Å². The van der Waals surface area contributed by atoms with Crippen molar-refractivity contribution in [2.75, 3.05) is 0 Å². The molecule has 4 rings (SSSR count). The van der Waals surface area contributed by atoms with E-state index in [9.17, 15) is 0 Å². The molecule has 132 valence electrons. The van der Waals surface area contributed by atoms with Crippen molar-refractivity contribution in [2.24, 2.45) is 0 Å². The van der Waals surface area contributed by atoms with Gasteiger partial charge in [-0.2, -0.15) is 0 Å². The van der Waals surface area contributed by atoms with Crippen LogP contribution in [0.15, 0.2) is 52.9 Å². The van der Waals surface area contributed by atoms with Crippen LogP contribution >= 0.6 is 11.3 Å². The molecule has 2 aromatic heterocycles. The van der Waals surface area contributed by atoms with Gasteiger partial charge in [-0.25, -0.2) is 4.98 Å². The Hall–Kier alpha value is -2.73. The topological polar surface area (TPSA) is 61.0 Å². The number of hydrogen-bond donors (Lipinski definition) is 0. The van der Waals surface area contributed by atoms with Gasteiger partial charge in [-0.15, -0.1) is 21.5 Å². The molecule has 26 heavy (non-hydrogen) atoms. The Labute approximate surface area is 155 Å². The van der Waals surface area contributed by atoms with E-state index in [0.717, 1.165) is 21.0 Å². The molecule has 0 aliphatic rings. The van der Waals surface area contributed by atoms with Crippen molar-refractivity contribution in [1.29, 1.82) is 0 Å². The maximum absolute atomic E-state index is 5.75. The first-order chi connectivity index (χ1) is 12.5. The zero-order valence-electron chi connectivity index (χ0n) is 14.9. The van der Waals surface area contributed by atoms with Gasteiger partial charge >= 0.3 is 0 Å². The van der Waals surface area contributed by atoms with Crippen LogP contribution in [0.4, 0.5) is 0 Å². The highest BCUT2D eigenvalue weighted by Gasteiger charge is 2.15. The van der Waals surface area contributed by atoms with E-state index in [-0.39, 0.29) is 12.0 Å². The van der Waals surface area contributed by atoms with Gasteiger partial charge in [0.05, 0.1) is 10.2 Å². The number of fused-ring (bicyclic) bond motifs is 1. The fourth-order valence-corrected chi connectivity index (χ4v) is 3.45. The third kappa shape index (κ3) is 3.46. The summed E-state index contributed by atoms with van der Waals surface area (Å²) in [7, 11) is 0. The summed E-state index contributed by atoms with van der Waals surface area (Å²) in [4.78, 5) is 4.53. The minimum Gasteiger partial charge on any atom is -0.484 e. The number of ether oxygens (including phenoxy) is 1. The normalized spacial score (nSPS) is 11.8. The molecule has 0 radical (unpaired) electrons. The van der Waals surface area contributed by atoms with Crippen molar-refractivity contribution < 1.29 is 9.15 Å². The Morgan fingerprint density at radius 3 is 2.50 bits per heavy atom. The molecule has 0 aliphatic heterocycles. The van der Waals surface area contributed by atoms with Crippen molar-refractivity contribution in [1.82, 2.24) is 15.2 Å². The number of para-hydroxylation sites is 1. The minimum absolute atomic E-state index is 0.122. The molecule has 0 bridgehead atoms. The standard InChI is InChI=1S/C20H19N3O2S/c1-20(2,3)13-8-10-14(11-9-13)24-12-17-22-23-18(25-17)19-21-15-6-4-5-7-16(15)26-19/h4-11H,12H2,1-3H3. The zero-order valence-corrected chi connectivity index (χ0v) is 15.7. The summed E-state index contributed by atoms with van der Waals surface area (Å²) in [5.74, 6) is 1.63. The lowest BCUT2D eigenvalue weighted by Gasteiger charge is -2.19. The largest absolute Gasteiger partial charge is 0.484 e. The van der Waals surface area contributed by atoms with E-state index in [1.165, 1.54) is 16.9 Å². The van der Waals surface area contributed by atoms with E-state index in [2.05, 4.69) is 48.1 Å². The second-order valence-corrected chi connectivity index (χ2v) is 8.08. The van der Waals surface area contributed by atoms with Crippen LogP contribution < -0.4 is 4.74 Å². The minimum atomic E-state index is 0.122. The van der Waals surface area contributed by atoms with Gasteiger partial charge in [0, 0.05) is 0 Å². The molecule has 0 amide bonds. The van der Waals surface area contributed by atoms with Crippen LogP contribution in [0, 0.1) is 0 Å². The molecule has 0 N–H and O–H groups in total. The van der Waals surface area contributed by atoms with Gasteiger partial charge in [0.15, 0.2) is 11.6 Å². The van der Waals surface area contributed by atoms with Gasteiger partial charge in [0.2, 0.25) is 0 Å². The third-order valence-corrected chi connectivity index (χ3v) is 5.05. The third-order valence-electron chi connectivity index (χ3n) is 4.03. The SMILES string of the molecule is CC(C)(C)c1ccc(OCc2nnc(-c3nc4ccccc4s3)o2)cc1. The quantitative estimate of drug-likeness (QED) is 0.496. The summed E-state index contributed by atoms with van der Waals surface area (Å²) in [6.45, 7) is 6.79. The molecular weight excluding hydrogens is 346 g/mol. The maximum Gasteiger partial charge on any atom is 0.276 e. The van der Waals surface area contributed by atoms with Crippen LogP contribution in [0.25, 0.3) is 21.1 Å². The fourth-order valence-electron chi connectivity index (χ4n) is 2.56. The van der Waals surface area contributed by atoms with Crippen molar-refractivity contribution in [2.45, 2.75) is 32.8 Å². The number of rotatable bonds is 4. The van der Waals surface area contributed by atoms with E-state index in [4.69, 9.17) is 9.15 Å². The number of nitrogens with zero attached hydrogens (tertiary/aromatic N) is 3. The van der Waals surface area contributed by atoms with Crippen LogP contribution in [0.5, 0.6) is 5.75 Å². The summed E-state index contributed by atoms with van der Waals surface area (Å²) >= 11 is 1.53. The molecule has 0 atom stereocenters. The second-order valence-electron chi connectivity index (χ2n) is 7.05. The van der Waals surface area contributed by atoms with Gasteiger partial charge in [0.25, 0.3) is 11.8 Å². The first-order valence-corrected chi connectivity index (χ1v) is 9.22. The molecule has 0 saturated carbocycles. The van der Waals surface area contributed by atoms with Crippen molar-refractivity contribution in [3.63, 3.8) is 0 Å². The highest BCUT2D eigenvalue weighted by atomic mass is 32.1. The summed E-state index contributed by atoms with van der Waals surface area (Å²) in [5.41, 5.74) is 2.32. The molecule has 4 aromatic rings. The van der Waals surface area contributed by atoms with Crippen molar-refractivity contribution >= 4 is 21.6 Å². The average Bonchev–Trinajstić information content (AvgIpc) is 3.26. The Balaban J connectivity index is 1.45. The number of hydrogen-bond acceptors (Lipinski definition) is 6. The van der Waals surface area contributed by atoms with Gasteiger partial charge in [-0.1, -0.05) is 45.0 Å². The molecule has 0 fully saturated rings. The van der Waals surface area contributed by atoms with E-state index < -0.39 is 0 Å². The molecule has 0 saturated heterocycles. The second kappa shape index (κ2) is 6.53. The van der Waals surface area contributed by atoms with E-state index in [1.54, 1.807) is 0 Å². The number of benzene rings is 2. The Morgan fingerprint density at radius 1 is 1.00 bits per heavy atom. The summed E-state index contributed by atoms with van der Waals surface area (Å²) in [6, 6.07) is 16.0. The Bertz CT molecular complexity index is 996. The number of thiazole rings is 1. The fraction of sp³-hybridized carbons (Fsp3) is 0.250. The maximum atomic E-state index is 5.75. The van der Waals surface area contributed by atoms with E-state index >= 15 is 0 Å². The average molecular weight is 365 g/mol.